The van der Waals surface area contributed by atoms with Crippen molar-refractivity contribution in [1.82, 2.24) is 15.3 Å². The van der Waals surface area contributed by atoms with E-state index in [9.17, 15) is 5.11 Å². The first-order chi connectivity index (χ1) is 8.18. The molecule has 0 aliphatic carbocycles. The molecule has 0 bridgehead atoms. The van der Waals surface area contributed by atoms with E-state index in [1.165, 1.54) is 0 Å². The molecule has 0 saturated carbocycles. The fourth-order valence-corrected chi connectivity index (χ4v) is 2.07. The van der Waals surface area contributed by atoms with Gasteiger partial charge in [-0.1, -0.05) is 0 Å². The third-order valence-corrected chi connectivity index (χ3v) is 3.13. The lowest BCUT2D eigenvalue weighted by molar-refractivity contribution is 0.0412. The van der Waals surface area contributed by atoms with Crippen LogP contribution in [0.4, 0.5) is 5.95 Å². The summed E-state index contributed by atoms with van der Waals surface area (Å²) < 4.78 is 0. The van der Waals surface area contributed by atoms with Gasteiger partial charge in [-0.3, -0.25) is 0 Å². The van der Waals surface area contributed by atoms with Crippen LogP contribution in [0, 0.1) is 6.92 Å². The SMILES string of the molecule is Cc1ccnc(NC[C@]2(O)CCCNCC2)n1. The van der Waals surface area contributed by atoms with E-state index in [0.717, 1.165) is 38.0 Å². The lowest BCUT2D eigenvalue weighted by Crippen LogP contribution is -2.38. The van der Waals surface area contributed by atoms with Gasteiger partial charge in [-0.25, -0.2) is 9.97 Å². The number of nitrogens with one attached hydrogen (secondary N) is 2. The first-order valence-corrected chi connectivity index (χ1v) is 6.15. The fourth-order valence-electron chi connectivity index (χ4n) is 2.07. The Bertz CT molecular complexity index is 361. The number of rotatable bonds is 3. The minimum Gasteiger partial charge on any atom is -0.388 e. The molecule has 2 heterocycles. The largest absolute Gasteiger partial charge is 0.388 e. The molecule has 2 rings (SSSR count). The Morgan fingerprint density at radius 2 is 2.35 bits per heavy atom. The molecule has 3 N–H and O–H groups in total. The van der Waals surface area contributed by atoms with Crippen molar-refractivity contribution >= 4 is 5.95 Å². The Morgan fingerprint density at radius 1 is 1.47 bits per heavy atom. The highest BCUT2D eigenvalue weighted by Crippen LogP contribution is 2.19. The van der Waals surface area contributed by atoms with Gasteiger partial charge < -0.3 is 15.7 Å². The summed E-state index contributed by atoms with van der Waals surface area (Å²) >= 11 is 0. The van der Waals surface area contributed by atoms with Crippen molar-refractivity contribution in [3.8, 4) is 0 Å². The zero-order valence-corrected chi connectivity index (χ0v) is 10.2. The van der Waals surface area contributed by atoms with E-state index in [2.05, 4.69) is 20.6 Å². The van der Waals surface area contributed by atoms with Gasteiger partial charge >= 0.3 is 0 Å². The zero-order valence-electron chi connectivity index (χ0n) is 10.2. The van der Waals surface area contributed by atoms with Crippen molar-refractivity contribution < 1.29 is 5.11 Å². The molecule has 5 nitrogen and oxygen atoms in total. The molecule has 1 saturated heterocycles. The molecule has 17 heavy (non-hydrogen) atoms. The van der Waals surface area contributed by atoms with Crippen molar-refractivity contribution in [3.63, 3.8) is 0 Å². The molecule has 1 aromatic heterocycles. The Balaban J connectivity index is 1.92. The Labute approximate surface area is 102 Å². The van der Waals surface area contributed by atoms with E-state index in [4.69, 9.17) is 0 Å². The molecule has 1 atom stereocenters. The van der Waals surface area contributed by atoms with Crippen molar-refractivity contribution in [2.45, 2.75) is 31.8 Å². The van der Waals surface area contributed by atoms with Gasteiger partial charge in [-0.15, -0.1) is 0 Å². The lowest BCUT2D eigenvalue weighted by Gasteiger charge is -2.26. The van der Waals surface area contributed by atoms with E-state index in [1.807, 2.05) is 13.0 Å². The van der Waals surface area contributed by atoms with Crippen molar-refractivity contribution in [2.75, 3.05) is 25.0 Å². The number of hydrogen-bond donors (Lipinski definition) is 3. The standard InChI is InChI=1S/C12H20N4O/c1-10-3-7-14-11(16-10)15-9-12(17)4-2-6-13-8-5-12/h3,7,13,17H,2,4-6,8-9H2,1H3,(H,14,15,16)/t12-/m0/s1. The van der Waals surface area contributed by atoms with Gasteiger partial charge in [0.25, 0.3) is 0 Å². The predicted molar refractivity (Wildman–Crippen MR) is 66.9 cm³/mol. The quantitative estimate of drug-likeness (QED) is 0.721. The Kier molecular flexibility index (Phi) is 3.91. The third kappa shape index (κ3) is 3.64. The van der Waals surface area contributed by atoms with E-state index < -0.39 is 5.60 Å². The van der Waals surface area contributed by atoms with Crippen molar-refractivity contribution in [3.05, 3.63) is 18.0 Å². The monoisotopic (exact) mass is 236 g/mol. The first kappa shape index (κ1) is 12.3. The summed E-state index contributed by atoms with van der Waals surface area (Å²) in [6.07, 6.45) is 4.32. The number of anilines is 1. The second-order valence-electron chi connectivity index (χ2n) is 4.70. The van der Waals surface area contributed by atoms with Crippen LogP contribution in [-0.2, 0) is 0 Å². The van der Waals surface area contributed by atoms with E-state index in [-0.39, 0.29) is 0 Å². The first-order valence-electron chi connectivity index (χ1n) is 6.15. The van der Waals surface area contributed by atoms with Crippen LogP contribution in [-0.4, -0.2) is 40.3 Å². The molecular formula is C12H20N4O. The summed E-state index contributed by atoms with van der Waals surface area (Å²) in [6.45, 7) is 4.30. The molecule has 0 radical (unpaired) electrons. The highest BCUT2D eigenvalue weighted by molar-refractivity contribution is 5.25. The minimum atomic E-state index is -0.642. The van der Waals surface area contributed by atoms with Crippen LogP contribution in [0.5, 0.6) is 0 Å². The average molecular weight is 236 g/mol. The lowest BCUT2D eigenvalue weighted by atomic mass is 9.95. The van der Waals surface area contributed by atoms with Gasteiger partial charge in [0.15, 0.2) is 0 Å². The molecular weight excluding hydrogens is 216 g/mol. The molecule has 0 spiro atoms. The second-order valence-corrected chi connectivity index (χ2v) is 4.70. The zero-order chi connectivity index (χ0) is 12.1. The smallest absolute Gasteiger partial charge is 0.222 e. The average Bonchev–Trinajstić information content (AvgIpc) is 2.53. The molecule has 0 amide bonds. The van der Waals surface area contributed by atoms with Crippen molar-refractivity contribution in [2.24, 2.45) is 0 Å². The summed E-state index contributed by atoms with van der Waals surface area (Å²) in [5.41, 5.74) is 0.286. The van der Waals surface area contributed by atoms with E-state index in [1.54, 1.807) is 6.20 Å². The van der Waals surface area contributed by atoms with Gasteiger partial charge in [-0.2, -0.15) is 0 Å². The second kappa shape index (κ2) is 5.42. The molecule has 5 heteroatoms. The van der Waals surface area contributed by atoms with Crippen LogP contribution in [0.1, 0.15) is 25.0 Å². The van der Waals surface area contributed by atoms with Crippen LogP contribution in [0.2, 0.25) is 0 Å². The van der Waals surface area contributed by atoms with Crippen LogP contribution in [0.3, 0.4) is 0 Å². The van der Waals surface area contributed by atoms with Crippen LogP contribution < -0.4 is 10.6 Å². The van der Waals surface area contributed by atoms with Gasteiger partial charge in [-0.05, 0) is 45.3 Å². The molecule has 94 valence electrons. The van der Waals surface area contributed by atoms with E-state index in [0.29, 0.717) is 12.5 Å². The Morgan fingerprint density at radius 3 is 3.18 bits per heavy atom. The maximum Gasteiger partial charge on any atom is 0.222 e. The highest BCUT2D eigenvalue weighted by atomic mass is 16.3. The molecule has 1 aromatic rings. The summed E-state index contributed by atoms with van der Waals surface area (Å²) in [7, 11) is 0. The summed E-state index contributed by atoms with van der Waals surface area (Å²) in [5.74, 6) is 0.593. The van der Waals surface area contributed by atoms with Gasteiger partial charge in [0.2, 0.25) is 5.95 Å². The van der Waals surface area contributed by atoms with Crippen LogP contribution in [0.25, 0.3) is 0 Å². The number of nitrogens with zero attached hydrogens (tertiary/aromatic N) is 2. The molecule has 1 aliphatic rings. The van der Waals surface area contributed by atoms with Crippen molar-refractivity contribution in [1.29, 1.82) is 0 Å². The normalized spacial score (nSPS) is 25.3. The predicted octanol–water partition coefficient (Wildman–Crippen LogP) is 0.702. The van der Waals surface area contributed by atoms with Gasteiger partial charge in [0.05, 0.1) is 5.60 Å². The molecule has 1 fully saturated rings. The maximum atomic E-state index is 10.4. The third-order valence-electron chi connectivity index (χ3n) is 3.13. The van der Waals surface area contributed by atoms with Gasteiger partial charge in [0, 0.05) is 18.4 Å². The molecule has 1 aliphatic heterocycles. The summed E-state index contributed by atoms with van der Waals surface area (Å²) in [6, 6.07) is 1.86. The number of aryl methyl sites for hydroxylation is 1. The van der Waals surface area contributed by atoms with E-state index >= 15 is 0 Å². The van der Waals surface area contributed by atoms with Crippen LogP contribution in [0.15, 0.2) is 12.3 Å². The molecule has 0 unspecified atom stereocenters. The Hall–Kier alpha value is -1.20. The number of aliphatic hydroxyl groups is 1. The molecule has 0 aromatic carbocycles. The highest BCUT2D eigenvalue weighted by Gasteiger charge is 2.27. The number of hydrogen-bond acceptors (Lipinski definition) is 5. The fraction of sp³-hybridized carbons (Fsp3) is 0.667. The summed E-state index contributed by atoms with van der Waals surface area (Å²) in [5, 5.41) is 16.8. The summed E-state index contributed by atoms with van der Waals surface area (Å²) in [4.78, 5) is 8.39. The maximum absolute atomic E-state index is 10.4. The van der Waals surface area contributed by atoms with Gasteiger partial charge in [0.1, 0.15) is 0 Å². The number of aromatic nitrogens is 2. The topological polar surface area (TPSA) is 70.1 Å². The minimum absolute atomic E-state index is 0.512. The van der Waals surface area contributed by atoms with Crippen LogP contribution >= 0.6 is 0 Å².